The summed E-state index contributed by atoms with van der Waals surface area (Å²) in [5, 5.41) is 0. The number of halogens is 5. The van der Waals surface area contributed by atoms with E-state index in [-0.39, 0.29) is 11.0 Å². The van der Waals surface area contributed by atoms with Crippen molar-refractivity contribution in [3.05, 3.63) is 34.6 Å². The fraction of sp³-hybridized carbons (Fsp3) is 0.400. The first-order valence-electron chi connectivity index (χ1n) is 4.46. The topological polar surface area (TPSA) is 0 Å². The van der Waals surface area contributed by atoms with Gasteiger partial charge in [-0.15, -0.1) is 0 Å². The molecule has 0 radical (unpaired) electrons. The molecular weight excluding hydrogens is 229 g/mol. The molecule has 0 unspecified atom stereocenters. The Balaban J connectivity index is 3.40. The fourth-order valence-electron chi connectivity index (χ4n) is 1.26. The van der Waals surface area contributed by atoms with Crippen molar-refractivity contribution in [2.45, 2.75) is 6.54 Å². The van der Waals surface area contributed by atoms with Crippen molar-refractivity contribution in [3.8, 4) is 0 Å². The summed E-state index contributed by atoms with van der Waals surface area (Å²) in [6.45, 7) is -0.286. The summed E-state index contributed by atoms with van der Waals surface area (Å²) in [7, 11) is 4.74. The lowest BCUT2D eigenvalue weighted by Crippen LogP contribution is -2.34. The fourth-order valence-corrected chi connectivity index (χ4v) is 1.26. The van der Waals surface area contributed by atoms with E-state index in [9.17, 15) is 22.0 Å². The number of hydrogen-bond donors (Lipinski definition) is 0. The number of nitrogens with zero attached hydrogens (tertiary/aromatic N) is 1. The van der Waals surface area contributed by atoms with E-state index in [1.54, 1.807) is 21.1 Å². The summed E-state index contributed by atoms with van der Waals surface area (Å²) in [6, 6.07) is 0. The molecule has 1 rings (SSSR count). The van der Waals surface area contributed by atoms with Gasteiger partial charge < -0.3 is 4.48 Å². The van der Waals surface area contributed by atoms with Gasteiger partial charge in [0.2, 0.25) is 5.82 Å². The number of benzene rings is 1. The molecule has 0 bridgehead atoms. The molecule has 90 valence electrons. The van der Waals surface area contributed by atoms with Gasteiger partial charge in [-0.3, -0.25) is 0 Å². The third kappa shape index (κ3) is 2.32. The highest BCUT2D eigenvalue weighted by Crippen LogP contribution is 2.24. The van der Waals surface area contributed by atoms with Crippen LogP contribution in [-0.2, 0) is 6.54 Å². The van der Waals surface area contributed by atoms with E-state index >= 15 is 0 Å². The van der Waals surface area contributed by atoms with Gasteiger partial charge in [-0.1, -0.05) is 0 Å². The third-order valence-corrected chi connectivity index (χ3v) is 1.93. The molecule has 0 aromatic heterocycles. The molecular formula is C10H11F5N+. The summed E-state index contributed by atoms with van der Waals surface area (Å²) in [5.41, 5.74) is -0.788. The standard InChI is InChI=1S/C10H11F5N/c1-16(2,3)4-5-6(11)8(13)10(15)9(14)7(5)12/h4H2,1-3H3/q+1. The maximum absolute atomic E-state index is 13.2. The first kappa shape index (κ1) is 12.9. The zero-order valence-corrected chi connectivity index (χ0v) is 9.04. The van der Waals surface area contributed by atoms with Crippen LogP contribution in [-0.4, -0.2) is 25.6 Å². The van der Waals surface area contributed by atoms with Gasteiger partial charge in [0.1, 0.15) is 6.54 Å². The molecule has 0 saturated heterocycles. The minimum atomic E-state index is -2.12. The molecule has 16 heavy (non-hydrogen) atoms. The Kier molecular flexibility index (Phi) is 3.23. The van der Waals surface area contributed by atoms with E-state index in [1.807, 2.05) is 0 Å². The van der Waals surface area contributed by atoms with Gasteiger partial charge in [-0.05, 0) is 0 Å². The van der Waals surface area contributed by atoms with Crippen molar-refractivity contribution < 1.29 is 26.4 Å². The molecule has 0 saturated carbocycles. The van der Waals surface area contributed by atoms with Crippen LogP contribution in [0.15, 0.2) is 0 Å². The predicted octanol–water partition coefficient (Wildman–Crippen LogP) is 2.59. The van der Waals surface area contributed by atoms with E-state index in [0.717, 1.165) is 0 Å². The number of rotatable bonds is 2. The van der Waals surface area contributed by atoms with Crippen LogP contribution in [0, 0.1) is 29.1 Å². The van der Waals surface area contributed by atoms with Crippen LogP contribution in [0.3, 0.4) is 0 Å². The Bertz CT molecular complexity index is 393. The second-order valence-corrected chi connectivity index (χ2v) is 4.50. The van der Waals surface area contributed by atoms with Gasteiger partial charge in [0.05, 0.1) is 26.7 Å². The second kappa shape index (κ2) is 4.01. The van der Waals surface area contributed by atoms with Crippen molar-refractivity contribution in [2.75, 3.05) is 21.1 Å². The Morgan fingerprint density at radius 1 is 0.688 bits per heavy atom. The zero-order chi connectivity index (χ0) is 12.7. The highest BCUT2D eigenvalue weighted by atomic mass is 19.2. The van der Waals surface area contributed by atoms with Crippen LogP contribution < -0.4 is 0 Å². The quantitative estimate of drug-likeness (QED) is 0.322. The molecule has 1 nitrogen and oxygen atoms in total. The molecule has 0 atom stereocenters. The molecule has 0 aliphatic rings. The van der Waals surface area contributed by atoms with E-state index in [2.05, 4.69) is 0 Å². The highest BCUT2D eigenvalue weighted by molar-refractivity contribution is 5.23. The van der Waals surface area contributed by atoms with Crippen LogP contribution in [0.2, 0.25) is 0 Å². The van der Waals surface area contributed by atoms with Crippen molar-refractivity contribution >= 4 is 0 Å². The Labute approximate surface area is 89.7 Å². The average Bonchev–Trinajstić information content (AvgIpc) is 2.17. The maximum Gasteiger partial charge on any atom is 0.200 e. The Hall–Kier alpha value is -1.17. The van der Waals surface area contributed by atoms with E-state index in [4.69, 9.17) is 0 Å². The lowest BCUT2D eigenvalue weighted by Gasteiger charge is -2.24. The monoisotopic (exact) mass is 240 g/mol. The summed E-state index contributed by atoms with van der Waals surface area (Å²) in [5.74, 6) is -9.45. The van der Waals surface area contributed by atoms with Gasteiger partial charge in [0, 0.05) is 0 Å². The minimum absolute atomic E-state index is 0.0539. The van der Waals surface area contributed by atoms with Gasteiger partial charge >= 0.3 is 0 Å². The van der Waals surface area contributed by atoms with Gasteiger partial charge in [0.25, 0.3) is 0 Å². The molecule has 0 N–H and O–H groups in total. The van der Waals surface area contributed by atoms with Gasteiger partial charge in [0.15, 0.2) is 23.3 Å². The SMILES string of the molecule is C[N+](C)(C)Cc1c(F)c(F)c(F)c(F)c1F. The van der Waals surface area contributed by atoms with E-state index < -0.39 is 34.6 Å². The van der Waals surface area contributed by atoms with Crippen molar-refractivity contribution in [2.24, 2.45) is 0 Å². The van der Waals surface area contributed by atoms with E-state index in [0.29, 0.717) is 0 Å². The molecule has 1 aromatic carbocycles. The minimum Gasteiger partial charge on any atom is -0.327 e. The summed E-state index contributed by atoms with van der Waals surface area (Å²) in [6.07, 6.45) is 0. The lowest BCUT2D eigenvalue weighted by atomic mass is 10.1. The zero-order valence-electron chi connectivity index (χ0n) is 9.04. The lowest BCUT2D eigenvalue weighted by molar-refractivity contribution is -0.884. The molecule has 0 fully saturated rings. The van der Waals surface area contributed by atoms with Crippen LogP contribution >= 0.6 is 0 Å². The van der Waals surface area contributed by atoms with Crippen molar-refractivity contribution in [1.29, 1.82) is 0 Å². The third-order valence-electron chi connectivity index (χ3n) is 1.93. The smallest absolute Gasteiger partial charge is 0.200 e. The van der Waals surface area contributed by atoms with Crippen molar-refractivity contribution in [3.63, 3.8) is 0 Å². The first-order valence-corrected chi connectivity index (χ1v) is 4.46. The van der Waals surface area contributed by atoms with Gasteiger partial charge in [-0.25, -0.2) is 22.0 Å². The van der Waals surface area contributed by atoms with Crippen LogP contribution in [0.25, 0.3) is 0 Å². The molecule has 0 heterocycles. The largest absolute Gasteiger partial charge is 0.327 e. The Morgan fingerprint density at radius 2 is 1.00 bits per heavy atom. The summed E-state index contributed by atoms with van der Waals surface area (Å²) < 4.78 is 64.8. The predicted molar refractivity (Wildman–Crippen MR) is 48.0 cm³/mol. The molecule has 0 spiro atoms. The van der Waals surface area contributed by atoms with Crippen LogP contribution in [0.4, 0.5) is 22.0 Å². The van der Waals surface area contributed by atoms with E-state index in [1.165, 1.54) is 0 Å². The summed E-state index contributed by atoms with van der Waals surface area (Å²) in [4.78, 5) is 0. The summed E-state index contributed by atoms with van der Waals surface area (Å²) >= 11 is 0. The van der Waals surface area contributed by atoms with Crippen LogP contribution in [0.1, 0.15) is 5.56 Å². The first-order chi connectivity index (χ1) is 7.15. The second-order valence-electron chi connectivity index (χ2n) is 4.50. The normalized spacial score (nSPS) is 12.0. The molecule has 0 aliphatic heterocycles. The average molecular weight is 240 g/mol. The number of quaternary nitrogens is 1. The van der Waals surface area contributed by atoms with Crippen molar-refractivity contribution in [1.82, 2.24) is 0 Å². The van der Waals surface area contributed by atoms with Gasteiger partial charge in [-0.2, -0.15) is 0 Å². The van der Waals surface area contributed by atoms with Crippen LogP contribution in [0.5, 0.6) is 0 Å². The highest BCUT2D eigenvalue weighted by Gasteiger charge is 2.28. The maximum atomic E-state index is 13.2. The molecule has 6 heteroatoms. The molecule has 0 aliphatic carbocycles. The Morgan fingerprint density at radius 3 is 1.31 bits per heavy atom. The molecule has 0 amide bonds. The number of hydrogen-bond acceptors (Lipinski definition) is 0. The molecule has 1 aromatic rings.